The van der Waals surface area contributed by atoms with E-state index in [2.05, 4.69) is 40.7 Å². The SMILES string of the molecule is Cc1ccc(-n2c(C3CCOCC3)nc3cccnc32)cc1. The van der Waals surface area contributed by atoms with Crippen LogP contribution in [0.3, 0.4) is 0 Å². The molecule has 4 rings (SSSR count). The lowest BCUT2D eigenvalue weighted by molar-refractivity contribution is 0.0834. The van der Waals surface area contributed by atoms with E-state index in [1.807, 2.05) is 18.3 Å². The molecule has 1 aliphatic rings. The third-order valence-corrected chi connectivity index (χ3v) is 4.32. The van der Waals surface area contributed by atoms with Crippen molar-refractivity contribution in [3.05, 3.63) is 54.0 Å². The molecule has 0 aliphatic carbocycles. The minimum Gasteiger partial charge on any atom is -0.381 e. The molecule has 0 saturated carbocycles. The molecule has 0 unspecified atom stereocenters. The minimum atomic E-state index is 0.434. The van der Waals surface area contributed by atoms with Gasteiger partial charge in [-0.15, -0.1) is 0 Å². The van der Waals surface area contributed by atoms with E-state index in [9.17, 15) is 0 Å². The van der Waals surface area contributed by atoms with Crippen LogP contribution >= 0.6 is 0 Å². The fraction of sp³-hybridized carbons (Fsp3) is 0.333. The van der Waals surface area contributed by atoms with Gasteiger partial charge in [0.1, 0.15) is 11.3 Å². The van der Waals surface area contributed by atoms with Crippen LogP contribution in [0.2, 0.25) is 0 Å². The van der Waals surface area contributed by atoms with Gasteiger partial charge < -0.3 is 4.74 Å². The highest BCUT2D eigenvalue weighted by Gasteiger charge is 2.23. The molecular weight excluding hydrogens is 274 g/mol. The summed E-state index contributed by atoms with van der Waals surface area (Å²) in [5.74, 6) is 1.55. The molecule has 0 atom stereocenters. The van der Waals surface area contributed by atoms with Gasteiger partial charge in [-0.05, 0) is 44.0 Å². The number of rotatable bonds is 2. The Kier molecular flexibility index (Phi) is 3.39. The summed E-state index contributed by atoms with van der Waals surface area (Å²) >= 11 is 0. The highest BCUT2D eigenvalue weighted by atomic mass is 16.5. The van der Waals surface area contributed by atoms with E-state index in [1.54, 1.807) is 0 Å². The Bertz CT molecular complexity index is 786. The lowest BCUT2D eigenvalue weighted by atomic mass is 9.99. The van der Waals surface area contributed by atoms with Crippen LogP contribution in [0.25, 0.3) is 16.9 Å². The number of nitrogens with zero attached hydrogens (tertiary/aromatic N) is 3. The van der Waals surface area contributed by atoms with E-state index >= 15 is 0 Å². The predicted octanol–water partition coefficient (Wildman–Crippen LogP) is 3.62. The van der Waals surface area contributed by atoms with E-state index < -0.39 is 0 Å². The predicted molar refractivity (Wildman–Crippen MR) is 86.4 cm³/mol. The molecule has 112 valence electrons. The molecule has 4 heteroatoms. The first-order valence-corrected chi connectivity index (χ1v) is 7.81. The molecule has 2 aromatic heterocycles. The third-order valence-electron chi connectivity index (χ3n) is 4.32. The normalized spacial score (nSPS) is 16.2. The first kappa shape index (κ1) is 13.5. The van der Waals surface area contributed by atoms with Crippen molar-refractivity contribution in [2.24, 2.45) is 0 Å². The zero-order valence-electron chi connectivity index (χ0n) is 12.7. The molecule has 3 aromatic rings. The molecule has 0 spiro atoms. The first-order valence-electron chi connectivity index (χ1n) is 7.81. The van der Waals surface area contributed by atoms with Gasteiger partial charge in [0.15, 0.2) is 5.65 Å². The van der Waals surface area contributed by atoms with Crippen molar-refractivity contribution in [2.45, 2.75) is 25.7 Å². The van der Waals surface area contributed by atoms with Gasteiger partial charge >= 0.3 is 0 Å². The van der Waals surface area contributed by atoms with E-state index in [-0.39, 0.29) is 0 Å². The molecule has 1 aromatic carbocycles. The lowest BCUT2D eigenvalue weighted by Gasteiger charge is -2.22. The Morgan fingerprint density at radius 3 is 2.64 bits per heavy atom. The largest absolute Gasteiger partial charge is 0.381 e. The summed E-state index contributed by atoms with van der Waals surface area (Å²) in [6.45, 7) is 3.73. The van der Waals surface area contributed by atoms with Gasteiger partial charge in [-0.3, -0.25) is 4.57 Å². The van der Waals surface area contributed by atoms with Crippen molar-refractivity contribution < 1.29 is 4.74 Å². The van der Waals surface area contributed by atoms with E-state index in [0.29, 0.717) is 5.92 Å². The first-order chi connectivity index (χ1) is 10.8. The Hall–Kier alpha value is -2.20. The number of pyridine rings is 1. The second-order valence-corrected chi connectivity index (χ2v) is 5.87. The van der Waals surface area contributed by atoms with Gasteiger partial charge in [0, 0.05) is 31.0 Å². The smallest absolute Gasteiger partial charge is 0.164 e. The van der Waals surface area contributed by atoms with Gasteiger partial charge in [-0.2, -0.15) is 0 Å². The van der Waals surface area contributed by atoms with Crippen LogP contribution < -0.4 is 0 Å². The highest BCUT2D eigenvalue weighted by Crippen LogP contribution is 2.31. The molecule has 0 radical (unpaired) electrons. The Morgan fingerprint density at radius 2 is 1.86 bits per heavy atom. The van der Waals surface area contributed by atoms with Gasteiger partial charge in [0.25, 0.3) is 0 Å². The number of aromatic nitrogens is 3. The summed E-state index contributed by atoms with van der Waals surface area (Å²) in [4.78, 5) is 9.44. The van der Waals surface area contributed by atoms with Crippen molar-refractivity contribution in [1.29, 1.82) is 0 Å². The van der Waals surface area contributed by atoms with Crippen LogP contribution in [-0.2, 0) is 4.74 Å². The van der Waals surface area contributed by atoms with Gasteiger partial charge in [-0.1, -0.05) is 17.7 Å². The second-order valence-electron chi connectivity index (χ2n) is 5.87. The molecule has 0 bridgehead atoms. The number of benzene rings is 1. The fourth-order valence-corrected chi connectivity index (χ4v) is 3.11. The summed E-state index contributed by atoms with van der Waals surface area (Å²) < 4.78 is 7.72. The molecule has 1 saturated heterocycles. The van der Waals surface area contributed by atoms with Crippen LogP contribution in [0.15, 0.2) is 42.6 Å². The summed E-state index contributed by atoms with van der Waals surface area (Å²) in [6, 6.07) is 12.6. The van der Waals surface area contributed by atoms with Gasteiger partial charge in [-0.25, -0.2) is 9.97 Å². The van der Waals surface area contributed by atoms with Crippen molar-refractivity contribution in [3.8, 4) is 5.69 Å². The van der Waals surface area contributed by atoms with Gasteiger partial charge in [0.05, 0.1) is 0 Å². The number of ether oxygens (including phenoxy) is 1. The molecule has 0 amide bonds. The quantitative estimate of drug-likeness (QED) is 0.724. The molecule has 4 nitrogen and oxygen atoms in total. The van der Waals surface area contributed by atoms with Crippen molar-refractivity contribution in [3.63, 3.8) is 0 Å². The topological polar surface area (TPSA) is 39.9 Å². The zero-order valence-corrected chi connectivity index (χ0v) is 12.7. The maximum atomic E-state index is 5.50. The number of imidazole rings is 1. The van der Waals surface area contributed by atoms with Gasteiger partial charge in [0.2, 0.25) is 0 Å². The van der Waals surface area contributed by atoms with Crippen molar-refractivity contribution >= 4 is 11.2 Å². The number of fused-ring (bicyclic) bond motifs is 1. The van der Waals surface area contributed by atoms with Crippen LogP contribution in [0.5, 0.6) is 0 Å². The molecule has 22 heavy (non-hydrogen) atoms. The van der Waals surface area contributed by atoms with Crippen molar-refractivity contribution in [2.75, 3.05) is 13.2 Å². The van der Waals surface area contributed by atoms with Crippen LogP contribution in [-0.4, -0.2) is 27.7 Å². The molecular formula is C18H19N3O. The second kappa shape index (κ2) is 5.54. The standard InChI is InChI=1S/C18H19N3O/c1-13-4-6-15(7-5-13)21-17(14-8-11-22-12-9-14)20-16-3-2-10-19-18(16)21/h2-7,10,14H,8-9,11-12H2,1H3. The number of hydrogen-bond acceptors (Lipinski definition) is 3. The summed E-state index contributed by atoms with van der Waals surface area (Å²) in [7, 11) is 0. The minimum absolute atomic E-state index is 0.434. The maximum Gasteiger partial charge on any atom is 0.164 e. The van der Waals surface area contributed by atoms with E-state index in [4.69, 9.17) is 9.72 Å². The maximum absolute atomic E-state index is 5.50. The monoisotopic (exact) mass is 293 g/mol. The lowest BCUT2D eigenvalue weighted by Crippen LogP contribution is -2.17. The molecule has 1 fully saturated rings. The fourth-order valence-electron chi connectivity index (χ4n) is 3.11. The van der Waals surface area contributed by atoms with Crippen LogP contribution in [0, 0.1) is 6.92 Å². The Balaban J connectivity index is 1.91. The zero-order chi connectivity index (χ0) is 14.9. The summed E-state index contributed by atoms with van der Waals surface area (Å²) in [5, 5.41) is 0. The van der Waals surface area contributed by atoms with E-state index in [1.165, 1.54) is 5.56 Å². The van der Waals surface area contributed by atoms with E-state index in [0.717, 1.165) is 48.7 Å². The number of hydrogen-bond donors (Lipinski definition) is 0. The summed E-state index contributed by atoms with van der Waals surface area (Å²) in [5.41, 5.74) is 4.29. The van der Waals surface area contributed by atoms with Crippen LogP contribution in [0.4, 0.5) is 0 Å². The Labute approximate surface area is 129 Å². The average Bonchev–Trinajstić information content (AvgIpc) is 2.96. The molecule has 1 aliphatic heterocycles. The molecule has 0 N–H and O–H groups in total. The highest BCUT2D eigenvalue weighted by molar-refractivity contribution is 5.74. The average molecular weight is 293 g/mol. The Morgan fingerprint density at radius 1 is 1.09 bits per heavy atom. The molecule has 3 heterocycles. The number of aryl methyl sites for hydroxylation is 1. The van der Waals surface area contributed by atoms with Crippen LogP contribution in [0.1, 0.15) is 30.1 Å². The third kappa shape index (κ3) is 2.29. The summed E-state index contributed by atoms with van der Waals surface area (Å²) in [6.07, 6.45) is 3.88. The van der Waals surface area contributed by atoms with Crippen molar-refractivity contribution in [1.82, 2.24) is 14.5 Å².